The molecule has 0 spiro atoms. The van der Waals surface area contributed by atoms with Crippen LogP contribution in [-0.4, -0.2) is 60.1 Å². The molecule has 0 unspecified atom stereocenters. The van der Waals surface area contributed by atoms with Gasteiger partial charge in [-0.1, -0.05) is 13.0 Å². The Morgan fingerprint density at radius 1 is 1.18 bits per heavy atom. The number of carbonyl (C=O) groups excluding carboxylic acids is 1. The molecule has 1 aromatic heterocycles. The largest absolute Gasteiger partial charge is 0.323 e. The Morgan fingerprint density at radius 2 is 1.91 bits per heavy atom. The Bertz CT molecular complexity index is 1050. The minimum absolute atomic E-state index is 0.0154. The summed E-state index contributed by atoms with van der Waals surface area (Å²) in [6, 6.07) is 7.65. The number of nitrogens with one attached hydrogen (secondary N) is 2. The first-order valence-corrected chi connectivity index (χ1v) is 12.8. The van der Waals surface area contributed by atoms with Gasteiger partial charge in [-0.2, -0.15) is 4.31 Å². The molecule has 0 radical (unpaired) electrons. The van der Waals surface area contributed by atoms with Gasteiger partial charge < -0.3 is 10.6 Å². The predicted molar refractivity (Wildman–Crippen MR) is 128 cm³/mol. The van der Waals surface area contributed by atoms with Gasteiger partial charge in [0, 0.05) is 37.9 Å². The van der Waals surface area contributed by atoms with Crippen LogP contribution in [0.2, 0.25) is 0 Å². The van der Waals surface area contributed by atoms with E-state index in [-0.39, 0.29) is 17.5 Å². The Labute approximate surface area is 195 Å². The van der Waals surface area contributed by atoms with Crippen molar-refractivity contribution in [3.05, 3.63) is 53.6 Å². The van der Waals surface area contributed by atoms with Gasteiger partial charge in [0.05, 0.1) is 23.3 Å². The molecule has 1 fully saturated rings. The second-order valence-corrected chi connectivity index (χ2v) is 10.4. The molecule has 1 saturated heterocycles. The monoisotopic (exact) mass is 477 g/mol. The molecular formula is C23H32FN5O3S. The maximum atomic E-state index is 14.3. The van der Waals surface area contributed by atoms with Crippen LogP contribution in [0.3, 0.4) is 0 Å². The van der Waals surface area contributed by atoms with Gasteiger partial charge in [-0.15, -0.1) is 0 Å². The van der Waals surface area contributed by atoms with Crippen LogP contribution in [0.5, 0.6) is 0 Å². The maximum absolute atomic E-state index is 14.3. The molecule has 1 aliphatic rings. The number of urea groups is 1. The van der Waals surface area contributed by atoms with Gasteiger partial charge in [-0.25, -0.2) is 17.6 Å². The number of halogens is 1. The molecule has 2 amide bonds. The predicted octanol–water partition coefficient (Wildman–Crippen LogP) is 3.81. The quantitative estimate of drug-likeness (QED) is 0.603. The zero-order valence-electron chi connectivity index (χ0n) is 19.3. The molecule has 0 aliphatic carbocycles. The molecule has 1 aromatic carbocycles. The van der Waals surface area contributed by atoms with Gasteiger partial charge in [-0.05, 0) is 56.5 Å². The smallest absolute Gasteiger partial charge is 0.306 e. The third kappa shape index (κ3) is 6.72. The Kier molecular flexibility index (Phi) is 8.39. The summed E-state index contributed by atoms with van der Waals surface area (Å²) in [7, 11) is -3.21. The van der Waals surface area contributed by atoms with Gasteiger partial charge in [0.2, 0.25) is 10.0 Å². The van der Waals surface area contributed by atoms with Crippen LogP contribution in [0.15, 0.2) is 36.5 Å². The third-order valence-corrected chi connectivity index (χ3v) is 7.85. The molecule has 2 N–H and O–H groups in total. The molecule has 0 atom stereocenters. The highest BCUT2D eigenvalue weighted by atomic mass is 32.2. The second kappa shape index (κ2) is 11.0. The summed E-state index contributed by atoms with van der Waals surface area (Å²) in [6.45, 7) is 7.97. The Morgan fingerprint density at radius 3 is 2.52 bits per heavy atom. The molecule has 3 rings (SSSR count). The summed E-state index contributed by atoms with van der Waals surface area (Å²) >= 11 is 0. The fourth-order valence-corrected chi connectivity index (χ4v) is 5.45. The minimum Gasteiger partial charge on any atom is -0.306 e. The van der Waals surface area contributed by atoms with E-state index in [2.05, 4.69) is 20.5 Å². The summed E-state index contributed by atoms with van der Waals surface area (Å²) in [5.41, 5.74) is 2.32. The molecule has 0 saturated carbocycles. The summed E-state index contributed by atoms with van der Waals surface area (Å²) in [5, 5.41) is 5.20. The molecule has 33 heavy (non-hydrogen) atoms. The Hall–Kier alpha value is -2.56. The van der Waals surface area contributed by atoms with Crippen LogP contribution in [-0.2, 0) is 16.6 Å². The van der Waals surface area contributed by atoms with Crippen molar-refractivity contribution >= 4 is 27.4 Å². The molecule has 180 valence electrons. The lowest BCUT2D eigenvalue weighted by molar-refractivity contribution is 0.156. The number of aryl methyl sites for hydroxylation is 1. The van der Waals surface area contributed by atoms with Crippen molar-refractivity contribution < 1.29 is 17.6 Å². The average molecular weight is 478 g/mol. The number of hydrogen-bond donors (Lipinski definition) is 2. The summed E-state index contributed by atoms with van der Waals surface area (Å²) < 4.78 is 40.6. The third-order valence-electron chi connectivity index (χ3n) is 5.85. The van der Waals surface area contributed by atoms with Crippen molar-refractivity contribution in [2.75, 3.05) is 36.0 Å². The van der Waals surface area contributed by atoms with Crippen LogP contribution in [0, 0.1) is 12.7 Å². The van der Waals surface area contributed by atoms with Crippen LogP contribution in [0.1, 0.15) is 37.9 Å². The minimum atomic E-state index is -3.21. The van der Waals surface area contributed by atoms with Crippen LogP contribution < -0.4 is 10.6 Å². The van der Waals surface area contributed by atoms with Crippen LogP contribution in [0.4, 0.5) is 20.6 Å². The number of amides is 2. The van der Waals surface area contributed by atoms with Crippen molar-refractivity contribution in [2.24, 2.45) is 0 Å². The van der Waals surface area contributed by atoms with Gasteiger partial charge >= 0.3 is 6.03 Å². The first-order valence-electron chi connectivity index (χ1n) is 11.2. The number of hydrogen-bond acceptors (Lipinski definition) is 5. The summed E-state index contributed by atoms with van der Waals surface area (Å²) in [6.07, 6.45) is 3.05. The molecule has 1 aliphatic heterocycles. The molecule has 2 heterocycles. The summed E-state index contributed by atoms with van der Waals surface area (Å²) in [4.78, 5) is 18.6. The fourth-order valence-electron chi connectivity index (χ4n) is 4.06. The normalized spacial score (nSPS) is 15.5. The van der Waals surface area contributed by atoms with Gasteiger partial charge in [0.25, 0.3) is 0 Å². The second-order valence-electron chi connectivity index (χ2n) is 8.19. The molecule has 0 bridgehead atoms. The highest BCUT2D eigenvalue weighted by Gasteiger charge is 2.30. The van der Waals surface area contributed by atoms with Crippen molar-refractivity contribution in [1.29, 1.82) is 0 Å². The van der Waals surface area contributed by atoms with Crippen molar-refractivity contribution in [3.8, 4) is 0 Å². The lowest BCUT2D eigenvalue weighted by atomic mass is 10.0. The van der Waals surface area contributed by atoms with E-state index in [1.807, 2.05) is 13.8 Å². The van der Waals surface area contributed by atoms with Gasteiger partial charge in [-0.3, -0.25) is 9.88 Å². The van der Waals surface area contributed by atoms with E-state index in [4.69, 9.17) is 0 Å². The van der Waals surface area contributed by atoms with E-state index in [9.17, 15) is 17.6 Å². The highest BCUT2D eigenvalue weighted by Crippen LogP contribution is 2.23. The first-order chi connectivity index (χ1) is 15.7. The highest BCUT2D eigenvalue weighted by molar-refractivity contribution is 7.89. The van der Waals surface area contributed by atoms with E-state index in [0.717, 1.165) is 37.2 Å². The number of sulfonamides is 1. The maximum Gasteiger partial charge on any atom is 0.323 e. The number of anilines is 2. The lowest BCUT2D eigenvalue weighted by Gasteiger charge is -2.37. The van der Waals surface area contributed by atoms with Crippen molar-refractivity contribution in [3.63, 3.8) is 0 Å². The van der Waals surface area contributed by atoms with E-state index in [1.165, 1.54) is 12.3 Å². The topological polar surface area (TPSA) is 94.6 Å². The van der Waals surface area contributed by atoms with E-state index < -0.39 is 21.9 Å². The lowest BCUT2D eigenvalue weighted by Crippen LogP contribution is -2.47. The average Bonchev–Trinajstić information content (AvgIpc) is 2.79. The van der Waals surface area contributed by atoms with E-state index in [0.29, 0.717) is 18.8 Å². The van der Waals surface area contributed by atoms with Crippen molar-refractivity contribution in [2.45, 2.75) is 46.2 Å². The van der Waals surface area contributed by atoms with E-state index >= 15 is 0 Å². The number of piperidine rings is 1. The number of benzene rings is 1. The van der Waals surface area contributed by atoms with Gasteiger partial charge in [0.1, 0.15) is 5.82 Å². The zero-order valence-corrected chi connectivity index (χ0v) is 20.2. The number of pyridine rings is 1. The number of rotatable bonds is 8. The fraction of sp³-hybridized carbons (Fsp3) is 0.478. The standard InChI is InChI=1S/C23H32FN5O3S/c1-4-29(33(31,32)5-2)20-10-12-28(13-11-20)16-18-7-9-21(24)22(14-18)27-23(30)26-19-8-6-17(3)25-15-19/h6-9,14-15,20H,4-5,10-13,16H2,1-3H3,(H2,26,27,30). The zero-order chi connectivity index (χ0) is 24.0. The van der Waals surface area contributed by atoms with Crippen LogP contribution in [0.25, 0.3) is 0 Å². The van der Waals surface area contributed by atoms with E-state index in [1.54, 1.807) is 35.5 Å². The molecular weight excluding hydrogens is 445 g/mol. The molecule has 8 nitrogen and oxygen atoms in total. The van der Waals surface area contributed by atoms with Crippen LogP contribution >= 0.6 is 0 Å². The Balaban J connectivity index is 1.57. The number of nitrogens with zero attached hydrogens (tertiary/aromatic N) is 3. The summed E-state index contributed by atoms with van der Waals surface area (Å²) in [5.74, 6) is -0.404. The first kappa shape index (κ1) is 25.1. The number of aromatic nitrogens is 1. The number of carbonyl (C=O) groups is 1. The number of likely N-dealkylation sites (tertiary alicyclic amines) is 1. The molecule has 2 aromatic rings. The van der Waals surface area contributed by atoms with Crippen molar-refractivity contribution in [1.82, 2.24) is 14.2 Å². The SMILES string of the molecule is CCN(C1CCN(Cc2ccc(F)c(NC(=O)Nc3ccc(C)nc3)c2)CC1)S(=O)(=O)CC. The van der Waals surface area contributed by atoms with Gasteiger partial charge in [0.15, 0.2) is 0 Å². The molecule has 10 heteroatoms.